The molecule has 0 bridgehead atoms. The summed E-state index contributed by atoms with van der Waals surface area (Å²) in [7, 11) is 0. The number of aromatic nitrogens is 3. The Morgan fingerprint density at radius 1 is 1.06 bits per heavy atom. The van der Waals surface area contributed by atoms with Crippen molar-refractivity contribution in [3.8, 4) is 0 Å². The zero-order chi connectivity index (χ0) is 12.5. The van der Waals surface area contributed by atoms with Crippen molar-refractivity contribution in [3.63, 3.8) is 0 Å². The van der Waals surface area contributed by atoms with Crippen molar-refractivity contribution in [1.29, 1.82) is 0 Å². The normalized spacial score (nSPS) is 13.6. The molecule has 0 aliphatic heterocycles. The van der Waals surface area contributed by atoms with Gasteiger partial charge in [-0.05, 0) is 23.1 Å². The van der Waals surface area contributed by atoms with Gasteiger partial charge in [0.1, 0.15) is 12.7 Å². The molecule has 17 heavy (non-hydrogen) atoms. The Balaban J connectivity index is 2.45. The molecule has 0 spiro atoms. The third-order valence-corrected chi connectivity index (χ3v) is 2.99. The van der Waals surface area contributed by atoms with E-state index in [-0.39, 0.29) is 11.5 Å². The van der Waals surface area contributed by atoms with Crippen molar-refractivity contribution in [2.75, 3.05) is 0 Å². The SMILES string of the molecule is CC(C)(C)C(c1ccc(Cl)cc1)n1cnnc1. The maximum atomic E-state index is 5.92. The smallest absolute Gasteiger partial charge is 0.119 e. The molecule has 1 aromatic heterocycles. The van der Waals surface area contributed by atoms with E-state index in [0.29, 0.717) is 0 Å². The fourth-order valence-electron chi connectivity index (χ4n) is 2.11. The average molecular weight is 250 g/mol. The Labute approximate surface area is 106 Å². The summed E-state index contributed by atoms with van der Waals surface area (Å²) in [6.45, 7) is 6.60. The fraction of sp³-hybridized carbons (Fsp3) is 0.385. The highest BCUT2D eigenvalue weighted by atomic mass is 35.5. The minimum absolute atomic E-state index is 0.0796. The van der Waals surface area contributed by atoms with Crippen LogP contribution in [0.2, 0.25) is 5.02 Å². The lowest BCUT2D eigenvalue weighted by Crippen LogP contribution is -2.24. The number of hydrogen-bond donors (Lipinski definition) is 0. The fourth-order valence-corrected chi connectivity index (χ4v) is 2.23. The van der Waals surface area contributed by atoms with Crippen LogP contribution in [0.15, 0.2) is 36.9 Å². The standard InChI is InChI=1S/C13H16ClN3/c1-13(2,3)12(17-8-15-16-9-17)10-4-6-11(14)7-5-10/h4-9,12H,1-3H3. The second kappa shape index (κ2) is 4.49. The van der Waals surface area contributed by atoms with Gasteiger partial charge in [0, 0.05) is 5.02 Å². The van der Waals surface area contributed by atoms with Gasteiger partial charge in [-0.25, -0.2) is 0 Å². The molecule has 1 heterocycles. The van der Waals surface area contributed by atoms with Crippen LogP contribution in [0, 0.1) is 5.41 Å². The third kappa shape index (κ3) is 2.67. The van der Waals surface area contributed by atoms with Crippen LogP contribution < -0.4 is 0 Å². The maximum absolute atomic E-state index is 5.92. The molecule has 2 aromatic rings. The lowest BCUT2D eigenvalue weighted by atomic mass is 9.82. The lowest BCUT2D eigenvalue weighted by molar-refractivity contribution is 0.283. The Hall–Kier alpha value is -1.35. The summed E-state index contributed by atoms with van der Waals surface area (Å²) in [4.78, 5) is 0. The minimum atomic E-state index is 0.0796. The van der Waals surface area contributed by atoms with E-state index in [0.717, 1.165) is 5.02 Å². The molecule has 0 amide bonds. The van der Waals surface area contributed by atoms with E-state index in [1.807, 2.05) is 16.7 Å². The maximum Gasteiger partial charge on any atom is 0.119 e. The summed E-state index contributed by atoms with van der Waals surface area (Å²) in [5, 5.41) is 8.53. The van der Waals surface area contributed by atoms with Gasteiger partial charge in [-0.2, -0.15) is 0 Å². The zero-order valence-corrected chi connectivity index (χ0v) is 11.0. The van der Waals surface area contributed by atoms with E-state index in [4.69, 9.17) is 11.6 Å². The van der Waals surface area contributed by atoms with Gasteiger partial charge < -0.3 is 4.57 Å². The second-order valence-electron chi connectivity index (χ2n) is 5.23. The quantitative estimate of drug-likeness (QED) is 0.815. The molecule has 1 aromatic carbocycles. The third-order valence-electron chi connectivity index (χ3n) is 2.74. The van der Waals surface area contributed by atoms with Gasteiger partial charge in [0.15, 0.2) is 0 Å². The van der Waals surface area contributed by atoms with Crippen molar-refractivity contribution >= 4 is 11.6 Å². The molecule has 0 aliphatic carbocycles. The summed E-state index contributed by atoms with van der Waals surface area (Å²) in [6, 6.07) is 8.14. The molecule has 90 valence electrons. The van der Waals surface area contributed by atoms with Crippen LogP contribution in [0.4, 0.5) is 0 Å². The van der Waals surface area contributed by atoms with Crippen LogP contribution in [0.3, 0.4) is 0 Å². The molecule has 0 N–H and O–H groups in total. The average Bonchev–Trinajstić information content (AvgIpc) is 2.72. The van der Waals surface area contributed by atoms with Crippen molar-refractivity contribution in [2.45, 2.75) is 26.8 Å². The summed E-state index contributed by atoms with van der Waals surface area (Å²) in [5.41, 5.74) is 1.29. The molecule has 0 radical (unpaired) electrons. The van der Waals surface area contributed by atoms with Crippen molar-refractivity contribution in [1.82, 2.24) is 14.8 Å². The highest BCUT2D eigenvalue weighted by Gasteiger charge is 2.27. The molecular formula is C13H16ClN3. The topological polar surface area (TPSA) is 30.7 Å². The van der Waals surface area contributed by atoms with Crippen LogP contribution >= 0.6 is 11.6 Å². The summed E-state index contributed by atoms with van der Waals surface area (Å²) in [5.74, 6) is 0. The first-order valence-corrected chi connectivity index (χ1v) is 5.96. The summed E-state index contributed by atoms with van der Waals surface area (Å²) >= 11 is 5.92. The summed E-state index contributed by atoms with van der Waals surface area (Å²) < 4.78 is 2.03. The van der Waals surface area contributed by atoms with E-state index in [1.54, 1.807) is 12.7 Å². The number of benzene rings is 1. The molecule has 3 nitrogen and oxygen atoms in total. The van der Waals surface area contributed by atoms with Gasteiger partial charge in [0.05, 0.1) is 6.04 Å². The van der Waals surface area contributed by atoms with E-state index in [9.17, 15) is 0 Å². The first-order chi connectivity index (χ1) is 7.98. The largest absolute Gasteiger partial charge is 0.312 e. The molecule has 4 heteroatoms. The van der Waals surface area contributed by atoms with Crippen molar-refractivity contribution < 1.29 is 0 Å². The highest BCUT2D eigenvalue weighted by Crippen LogP contribution is 2.36. The van der Waals surface area contributed by atoms with Gasteiger partial charge in [-0.3, -0.25) is 0 Å². The predicted molar refractivity (Wildman–Crippen MR) is 69.1 cm³/mol. The lowest BCUT2D eigenvalue weighted by Gasteiger charge is -2.31. The Kier molecular flexibility index (Phi) is 3.20. The van der Waals surface area contributed by atoms with Gasteiger partial charge in [-0.15, -0.1) is 10.2 Å². The van der Waals surface area contributed by atoms with Gasteiger partial charge in [-0.1, -0.05) is 44.5 Å². The monoisotopic (exact) mass is 249 g/mol. The van der Waals surface area contributed by atoms with Crippen molar-refractivity contribution in [3.05, 3.63) is 47.5 Å². The highest BCUT2D eigenvalue weighted by molar-refractivity contribution is 6.30. The van der Waals surface area contributed by atoms with E-state index in [1.165, 1.54) is 5.56 Å². The van der Waals surface area contributed by atoms with Gasteiger partial charge in [0.25, 0.3) is 0 Å². The number of halogens is 1. The van der Waals surface area contributed by atoms with Crippen LogP contribution in [0.5, 0.6) is 0 Å². The van der Waals surface area contributed by atoms with E-state index < -0.39 is 0 Å². The minimum Gasteiger partial charge on any atom is -0.312 e. The number of hydrogen-bond acceptors (Lipinski definition) is 2. The molecule has 1 unspecified atom stereocenters. The first-order valence-electron chi connectivity index (χ1n) is 5.58. The Morgan fingerprint density at radius 3 is 2.06 bits per heavy atom. The molecule has 0 fully saturated rings. The molecular weight excluding hydrogens is 234 g/mol. The molecule has 1 atom stereocenters. The first kappa shape index (κ1) is 12.1. The van der Waals surface area contributed by atoms with E-state index >= 15 is 0 Å². The molecule has 0 saturated carbocycles. The summed E-state index contributed by atoms with van der Waals surface area (Å²) in [6.07, 6.45) is 3.51. The molecule has 0 aliphatic rings. The van der Waals surface area contributed by atoms with Crippen LogP contribution in [-0.2, 0) is 0 Å². The Bertz CT molecular complexity index is 468. The molecule has 2 rings (SSSR count). The van der Waals surface area contributed by atoms with Crippen LogP contribution in [-0.4, -0.2) is 14.8 Å². The van der Waals surface area contributed by atoms with Crippen LogP contribution in [0.1, 0.15) is 32.4 Å². The Morgan fingerprint density at radius 2 is 1.59 bits per heavy atom. The second-order valence-corrected chi connectivity index (χ2v) is 5.67. The molecule has 0 saturated heterocycles. The zero-order valence-electron chi connectivity index (χ0n) is 10.3. The predicted octanol–water partition coefficient (Wildman–Crippen LogP) is 3.57. The van der Waals surface area contributed by atoms with Gasteiger partial charge in [0.2, 0.25) is 0 Å². The van der Waals surface area contributed by atoms with Crippen LogP contribution in [0.25, 0.3) is 0 Å². The number of rotatable bonds is 2. The number of nitrogens with zero attached hydrogens (tertiary/aromatic N) is 3. The van der Waals surface area contributed by atoms with Gasteiger partial charge >= 0.3 is 0 Å². The van der Waals surface area contributed by atoms with E-state index in [2.05, 4.69) is 43.1 Å². The van der Waals surface area contributed by atoms with Crippen molar-refractivity contribution in [2.24, 2.45) is 5.41 Å².